The molecule has 5 aliphatic rings. The molecule has 8 heteroatoms. The molecule has 7 nitrogen and oxygen atoms in total. The summed E-state index contributed by atoms with van der Waals surface area (Å²) < 4.78 is 0. The number of piperazine rings is 1. The molecule has 4 bridgehead atoms. The third-order valence-electron chi connectivity index (χ3n) is 7.36. The van der Waals surface area contributed by atoms with Gasteiger partial charge in [-0.1, -0.05) is 0 Å². The van der Waals surface area contributed by atoms with Crippen molar-refractivity contribution in [1.29, 1.82) is 0 Å². The molecule has 5 fully saturated rings. The van der Waals surface area contributed by atoms with Crippen LogP contribution in [0.25, 0.3) is 0 Å². The van der Waals surface area contributed by atoms with E-state index >= 15 is 0 Å². The number of rotatable bonds is 5. The van der Waals surface area contributed by atoms with Crippen LogP contribution in [0.5, 0.6) is 0 Å². The first kappa shape index (κ1) is 19.2. The van der Waals surface area contributed by atoms with Crippen LogP contribution >= 0.6 is 11.3 Å². The minimum absolute atomic E-state index is 0.0228. The van der Waals surface area contributed by atoms with Crippen LogP contribution in [0.1, 0.15) is 44.9 Å². The number of hydrogen-bond acceptors (Lipinski definition) is 5. The molecule has 158 valence electrons. The van der Waals surface area contributed by atoms with Gasteiger partial charge in [0, 0.05) is 56.3 Å². The maximum Gasteiger partial charge on any atom is 0.315 e. The molecule has 6 rings (SSSR count). The first-order valence-electron chi connectivity index (χ1n) is 11.1. The van der Waals surface area contributed by atoms with Crippen LogP contribution in [-0.2, 0) is 4.79 Å². The second-order valence-electron chi connectivity index (χ2n) is 9.51. The predicted molar refractivity (Wildman–Crippen MR) is 113 cm³/mol. The number of amides is 3. The van der Waals surface area contributed by atoms with Gasteiger partial charge in [-0.25, -0.2) is 9.78 Å². The summed E-state index contributed by atoms with van der Waals surface area (Å²) in [5, 5.41) is 9.26. The van der Waals surface area contributed by atoms with E-state index in [0.29, 0.717) is 13.0 Å². The molecule has 0 radical (unpaired) electrons. The van der Waals surface area contributed by atoms with Crippen LogP contribution in [0.3, 0.4) is 0 Å². The van der Waals surface area contributed by atoms with E-state index in [2.05, 4.69) is 20.5 Å². The van der Waals surface area contributed by atoms with Gasteiger partial charge in [-0.3, -0.25) is 4.79 Å². The first-order valence-corrected chi connectivity index (χ1v) is 11.9. The van der Waals surface area contributed by atoms with E-state index in [1.165, 1.54) is 19.3 Å². The second-order valence-corrected chi connectivity index (χ2v) is 10.4. The first-order chi connectivity index (χ1) is 14.1. The molecule has 4 aliphatic carbocycles. The molecule has 3 amide bonds. The number of aromatic nitrogens is 1. The average Bonchev–Trinajstić information content (AvgIpc) is 3.21. The standard InChI is InChI=1S/C21H31N5O2S/c27-18(25-4-6-26(7-5-25)20-23-3-8-29-20)1-2-22-19(28)24-21-12-15-9-16(13-21)11-17(10-15)14-21/h3,8,15-17H,1-2,4-7,9-14H2,(H2,22,24,28). The van der Waals surface area contributed by atoms with Gasteiger partial charge in [0.25, 0.3) is 0 Å². The Hall–Kier alpha value is -1.83. The number of nitrogens with one attached hydrogen (secondary N) is 2. The predicted octanol–water partition coefficient (Wildman–Crippen LogP) is 2.45. The third-order valence-corrected chi connectivity index (χ3v) is 8.20. The van der Waals surface area contributed by atoms with Crippen LogP contribution in [0, 0.1) is 17.8 Å². The lowest BCUT2D eigenvalue weighted by Crippen LogP contribution is -2.61. The molecule has 0 aromatic carbocycles. The SMILES string of the molecule is O=C(NCCC(=O)N1CCN(c2nccs2)CC1)NC12CC3CC(CC(C3)C1)C2. The summed E-state index contributed by atoms with van der Waals surface area (Å²) in [7, 11) is 0. The zero-order valence-corrected chi connectivity index (χ0v) is 17.8. The molecular weight excluding hydrogens is 386 g/mol. The summed E-state index contributed by atoms with van der Waals surface area (Å²) >= 11 is 1.64. The highest BCUT2D eigenvalue weighted by Crippen LogP contribution is 2.55. The molecule has 1 aromatic heterocycles. The highest BCUT2D eigenvalue weighted by molar-refractivity contribution is 7.13. The molecule has 29 heavy (non-hydrogen) atoms. The number of urea groups is 1. The quantitative estimate of drug-likeness (QED) is 0.772. The molecule has 0 atom stereocenters. The Morgan fingerprint density at radius 3 is 2.31 bits per heavy atom. The number of carbonyl (C=O) groups excluding carboxylic acids is 2. The van der Waals surface area contributed by atoms with Gasteiger partial charge in [-0.15, -0.1) is 11.3 Å². The highest BCUT2D eigenvalue weighted by Gasteiger charge is 2.51. The number of anilines is 1. The fourth-order valence-electron chi connectivity index (χ4n) is 6.51. The Balaban J connectivity index is 1.04. The number of hydrogen-bond donors (Lipinski definition) is 2. The smallest absolute Gasteiger partial charge is 0.315 e. The van der Waals surface area contributed by atoms with E-state index in [0.717, 1.165) is 68.3 Å². The van der Waals surface area contributed by atoms with E-state index < -0.39 is 0 Å². The van der Waals surface area contributed by atoms with E-state index in [1.54, 1.807) is 11.3 Å². The lowest BCUT2D eigenvalue weighted by Gasteiger charge is -2.56. The molecule has 1 saturated heterocycles. The zero-order valence-electron chi connectivity index (χ0n) is 16.9. The normalized spacial score (nSPS) is 33.0. The minimum Gasteiger partial charge on any atom is -0.345 e. The molecule has 1 aromatic rings. The largest absolute Gasteiger partial charge is 0.345 e. The maximum atomic E-state index is 12.5. The van der Waals surface area contributed by atoms with Crippen molar-refractivity contribution in [3.05, 3.63) is 11.6 Å². The third kappa shape index (κ3) is 4.09. The van der Waals surface area contributed by atoms with Crippen molar-refractivity contribution in [1.82, 2.24) is 20.5 Å². The lowest BCUT2D eigenvalue weighted by atomic mass is 9.53. The van der Waals surface area contributed by atoms with Gasteiger partial charge < -0.3 is 20.4 Å². The van der Waals surface area contributed by atoms with Gasteiger partial charge in [0.2, 0.25) is 5.91 Å². The second kappa shape index (κ2) is 7.78. The Morgan fingerprint density at radius 2 is 1.72 bits per heavy atom. The van der Waals surface area contributed by atoms with Gasteiger partial charge >= 0.3 is 6.03 Å². The van der Waals surface area contributed by atoms with E-state index in [9.17, 15) is 9.59 Å². The van der Waals surface area contributed by atoms with Gasteiger partial charge in [-0.05, 0) is 56.3 Å². The van der Waals surface area contributed by atoms with Crippen LogP contribution < -0.4 is 15.5 Å². The Labute approximate surface area is 176 Å². The number of nitrogens with zero attached hydrogens (tertiary/aromatic N) is 3. The van der Waals surface area contributed by atoms with Crippen molar-refractivity contribution in [3.8, 4) is 0 Å². The summed E-state index contributed by atoms with van der Waals surface area (Å²) in [5.74, 6) is 2.56. The molecule has 2 heterocycles. The minimum atomic E-state index is -0.0895. The molecule has 0 unspecified atom stereocenters. The zero-order chi connectivity index (χ0) is 19.8. The van der Waals surface area contributed by atoms with E-state index in [-0.39, 0.29) is 17.5 Å². The van der Waals surface area contributed by atoms with Gasteiger partial charge in [0.15, 0.2) is 5.13 Å². The van der Waals surface area contributed by atoms with Crippen LogP contribution in [0.15, 0.2) is 11.6 Å². The maximum absolute atomic E-state index is 12.5. The molecule has 1 aliphatic heterocycles. The average molecular weight is 418 g/mol. The fourth-order valence-corrected chi connectivity index (χ4v) is 7.21. The van der Waals surface area contributed by atoms with E-state index in [4.69, 9.17) is 0 Å². The lowest BCUT2D eigenvalue weighted by molar-refractivity contribution is -0.131. The molecule has 4 saturated carbocycles. The van der Waals surface area contributed by atoms with Gasteiger partial charge in [0.1, 0.15) is 0 Å². The number of carbonyl (C=O) groups is 2. The summed E-state index contributed by atoms with van der Waals surface area (Å²) in [4.78, 5) is 33.5. The van der Waals surface area contributed by atoms with Gasteiger partial charge in [0.05, 0.1) is 0 Å². The highest BCUT2D eigenvalue weighted by atomic mass is 32.1. The molecular formula is C21H31N5O2S. The monoisotopic (exact) mass is 417 g/mol. The summed E-state index contributed by atoms with van der Waals surface area (Å²) in [6.45, 7) is 3.48. The van der Waals surface area contributed by atoms with E-state index in [1.807, 2.05) is 16.5 Å². The van der Waals surface area contributed by atoms with Crippen molar-refractivity contribution < 1.29 is 9.59 Å². The van der Waals surface area contributed by atoms with Crippen molar-refractivity contribution in [2.45, 2.75) is 50.5 Å². The summed E-state index contributed by atoms with van der Waals surface area (Å²) in [6.07, 6.45) is 9.73. The summed E-state index contributed by atoms with van der Waals surface area (Å²) in [6, 6.07) is -0.0895. The topological polar surface area (TPSA) is 77.6 Å². The van der Waals surface area contributed by atoms with Crippen LogP contribution in [-0.4, -0.2) is 60.1 Å². The van der Waals surface area contributed by atoms with Crippen molar-refractivity contribution in [3.63, 3.8) is 0 Å². The molecule has 0 spiro atoms. The van der Waals surface area contributed by atoms with Gasteiger partial charge in [-0.2, -0.15) is 0 Å². The van der Waals surface area contributed by atoms with Crippen molar-refractivity contribution >= 4 is 28.4 Å². The Kier molecular flexibility index (Phi) is 5.14. The van der Waals surface area contributed by atoms with Crippen molar-refractivity contribution in [2.75, 3.05) is 37.6 Å². The van der Waals surface area contributed by atoms with Crippen molar-refractivity contribution in [2.24, 2.45) is 17.8 Å². The van der Waals surface area contributed by atoms with Crippen LogP contribution in [0.2, 0.25) is 0 Å². The number of thiazole rings is 1. The van der Waals surface area contributed by atoms with Crippen LogP contribution in [0.4, 0.5) is 9.93 Å². The fraction of sp³-hybridized carbons (Fsp3) is 0.762. The molecule has 2 N–H and O–H groups in total. The Bertz CT molecular complexity index is 709. The Morgan fingerprint density at radius 1 is 1.07 bits per heavy atom. The summed E-state index contributed by atoms with van der Waals surface area (Å²) in [5.41, 5.74) is 0.0228.